The highest BCUT2D eigenvalue weighted by atomic mass is 19.1. The number of benzene rings is 1. The molecule has 0 saturated carbocycles. The van der Waals surface area contributed by atoms with Crippen LogP contribution in [0.4, 0.5) is 4.39 Å². The largest absolute Gasteiger partial charge is 0.335 e. The molecule has 1 aliphatic heterocycles. The molecule has 0 amide bonds. The maximum absolute atomic E-state index is 16.1. The predicted octanol–water partition coefficient (Wildman–Crippen LogP) is 5.36. The fourth-order valence-corrected chi connectivity index (χ4v) is 5.18. The van der Waals surface area contributed by atoms with Crippen LogP contribution in [0.15, 0.2) is 67.4 Å². The van der Waals surface area contributed by atoms with Gasteiger partial charge >= 0.3 is 0 Å². The number of hydrogen-bond acceptors (Lipinski definition) is 6. The van der Waals surface area contributed by atoms with Crippen molar-refractivity contribution in [3.05, 3.63) is 78.8 Å². The minimum atomic E-state index is -0.357. The maximum atomic E-state index is 16.1. The number of halogens is 1. The molecule has 2 N–H and O–H groups in total. The van der Waals surface area contributed by atoms with E-state index in [0.717, 1.165) is 47.4 Å². The monoisotopic (exact) mass is 490 g/mol. The Hall–Kier alpha value is -4.50. The smallest absolute Gasteiger partial charge is 0.178 e. The van der Waals surface area contributed by atoms with E-state index in [1.807, 2.05) is 36.5 Å². The van der Waals surface area contributed by atoms with Crippen LogP contribution in [0.3, 0.4) is 0 Å². The molecule has 1 saturated heterocycles. The summed E-state index contributed by atoms with van der Waals surface area (Å²) < 4.78 is 16.1. The SMILES string of the molecule is Fc1c(-c2cncc(CN3CCCC3)c2)ccc2[nH]nc(-c3nc4nccc(-c5ccncc5)c4[nH]3)c12. The third-order valence-electron chi connectivity index (χ3n) is 6.99. The second kappa shape index (κ2) is 8.86. The van der Waals surface area contributed by atoms with Gasteiger partial charge in [0.05, 0.1) is 16.4 Å². The van der Waals surface area contributed by atoms with Crippen molar-refractivity contribution in [3.8, 4) is 33.8 Å². The molecule has 7 rings (SSSR count). The predicted molar refractivity (Wildman–Crippen MR) is 140 cm³/mol. The lowest BCUT2D eigenvalue weighted by molar-refractivity contribution is 0.331. The van der Waals surface area contributed by atoms with Crippen LogP contribution in [0, 0.1) is 5.82 Å². The highest BCUT2D eigenvalue weighted by molar-refractivity contribution is 5.97. The molecule has 6 aromatic rings. The Morgan fingerprint density at radius 1 is 0.892 bits per heavy atom. The summed E-state index contributed by atoms with van der Waals surface area (Å²) in [6, 6.07) is 11.4. The van der Waals surface area contributed by atoms with Crippen molar-refractivity contribution in [2.75, 3.05) is 13.1 Å². The summed E-state index contributed by atoms with van der Waals surface area (Å²) in [5.74, 6) is 0.0939. The summed E-state index contributed by atoms with van der Waals surface area (Å²) in [6.45, 7) is 3.02. The van der Waals surface area contributed by atoms with Gasteiger partial charge in [0.1, 0.15) is 11.5 Å². The highest BCUT2D eigenvalue weighted by Gasteiger charge is 2.21. The molecule has 37 heavy (non-hydrogen) atoms. The fourth-order valence-electron chi connectivity index (χ4n) is 5.18. The molecule has 1 fully saturated rings. The number of nitrogens with zero attached hydrogens (tertiary/aromatic N) is 6. The van der Waals surface area contributed by atoms with E-state index in [0.29, 0.717) is 33.6 Å². The van der Waals surface area contributed by atoms with Gasteiger partial charge in [-0.1, -0.05) is 0 Å². The number of imidazole rings is 1. The Kier molecular flexibility index (Phi) is 5.21. The van der Waals surface area contributed by atoms with Gasteiger partial charge in [0, 0.05) is 54.2 Å². The number of rotatable bonds is 5. The van der Waals surface area contributed by atoms with Crippen molar-refractivity contribution in [2.45, 2.75) is 19.4 Å². The summed E-state index contributed by atoms with van der Waals surface area (Å²) in [5, 5.41) is 7.76. The zero-order valence-electron chi connectivity index (χ0n) is 19.9. The molecule has 182 valence electrons. The summed E-state index contributed by atoms with van der Waals surface area (Å²) in [4.78, 5) is 23.3. The Balaban J connectivity index is 1.32. The fraction of sp³-hybridized carbons (Fsp3) is 0.179. The minimum Gasteiger partial charge on any atom is -0.335 e. The third kappa shape index (κ3) is 3.84. The maximum Gasteiger partial charge on any atom is 0.178 e. The van der Waals surface area contributed by atoms with E-state index in [2.05, 4.69) is 40.0 Å². The van der Waals surface area contributed by atoms with Gasteiger partial charge in [0.25, 0.3) is 0 Å². The van der Waals surface area contributed by atoms with Crippen LogP contribution in [0.2, 0.25) is 0 Å². The molecule has 0 bridgehead atoms. The summed E-state index contributed by atoms with van der Waals surface area (Å²) in [5.41, 5.74) is 6.54. The van der Waals surface area contributed by atoms with Gasteiger partial charge in [-0.05, 0) is 73.5 Å². The van der Waals surface area contributed by atoms with Crippen molar-refractivity contribution in [1.82, 2.24) is 40.0 Å². The molecule has 0 spiro atoms. The molecule has 0 radical (unpaired) electrons. The quantitative estimate of drug-likeness (QED) is 0.338. The summed E-state index contributed by atoms with van der Waals surface area (Å²) in [7, 11) is 0. The zero-order valence-corrected chi connectivity index (χ0v) is 19.9. The van der Waals surface area contributed by atoms with Crippen LogP contribution < -0.4 is 0 Å². The molecule has 1 aromatic carbocycles. The highest BCUT2D eigenvalue weighted by Crippen LogP contribution is 2.35. The van der Waals surface area contributed by atoms with Crippen LogP contribution in [0.25, 0.3) is 55.8 Å². The van der Waals surface area contributed by atoms with E-state index >= 15 is 4.39 Å². The summed E-state index contributed by atoms with van der Waals surface area (Å²) >= 11 is 0. The van der Waals surface area contributed by atoms with E-state index in [4.69, 9.17) is 0 Å². The molecule has 5 aromatic heterocycles. The number of nitrogens with one attached hydrogen (secondary N) is 2. The van der Waals surface area contributed by atoms with Crippen LogP contribution in [-0.4, -0.2) is 53.1 Å². The molecule has 1 aliphatic rings. The van der Waals surface area contributed by atoms with Gasteiger partial charge in [-0.15, -0.1) is 0 Å². The number of pyridine rings is 3. The zero-order chi connectivity index (χ0) is 24.8. The lowest BCUT2D eigenvalue weighted by Crippen LogP contribution is -2.18. The van der Waals surface area contributed by atoms with Crippen molar-refractivity contribution in [3.63, 3.8) is 0 Å². The Morgan fingerprint density at radius 3 is 2.62 bits per heavy atom. The minimum absolute atomic E-state index is 0.357. The number of aromatic amines is 2. The Bertz CT molecular complexity index is 1730. The first-order valence-electron chi connectivity index (χ1n) is 12.3. The molecular weight excluding hydrogens is 467 g/mol. The number of aromatic nitrogens is 7. The second-order valence-corrected chi connectivity index (χ2v) is 9.37. The normalized spacial score (nSPS) is 14.2. The molecule has 0 aliphatic carbocycles. The lowest BCUT2D eigenvalue weighted by atomic mass is 10.0. The van der Waals surface area contributed by atoms with E-state index in [9.17, 15) is 0 Å². The molecule has 8 nitrogen and oxygen atoms in total. The molecule has 9 heteroatoms. The average molecular weight is 491 g/mol. The summed E-state index contributed by atoms with van der Waals surface area (Å²) in [6.07, 6.45) is 11.2. The third-order valence-corrected chi connectivity index (χ3v) is 6.99. The van der Waals surface area contributed by atoms with E-state index < -0.39 is 0 Å². The second-order valence-electron chi connectivity index (χ2n) is 9.37. The van der Waals surface area contributed by atoms with Gasteiger partial charge < -0.3 is 4.98 Å². The van der Waals surface area contributed by atoms with Crippen molar-refractivity contribution in [1.29, 1.82) is 0 Å². The van der Waals surface area contributed by atoms with Crippen molar-refractivity contribution >= 4 is 22.1 Å². The van der Waals surface area contributed by atoms with Crippen LogP contribution in [0.5, 0.6) is 0 Å². The number of likely N-dealkylation sites (tertiary alicyclic amines) is 1. The molecule has 0 unspecified atom stereocenters. The first kappa shape index (κ1) is 21.8. The first-order valence-corrected chi connectivity index (χ1v) is 12.3. The number of fused-ring (bicyclic) bond motifs is 2. The van der Waals surface area contributed by atoms with E-state index in [-0.39, 0.29) is 5.82 Å². The Labute approximate surface area is 211 Å². The van der Waals surface area contributed by atoms with E-state index in [1.165, 1.54) is 12.8 Å². The number of H-pyrrole nitrogens is 2. The molecular formula is C28H23FN8. The molecule has 0 atom stereocenters. The van der Waals surface area contributed by atoms with Crippen molar-refractivity contribution in [2.24, 2.45) is 0 Å². The van der Waals surface area contributed by atoms with Crippen LogP contribution in [-0.2, 0) is 6.54 Å². The van der Waals surface area contributed by atoms with Gasteiger partial charge in [0.2, 0.25) is 0 Å². The van der Waals surface area contributed by atoms with Gasteiger partial charge in [-0.25, -0.2) is 14.4 Å². The average Bonchev–Trinajstić information content (AvgIpc) is 3.69. The van der Waals surface area contributed by atoms with Gasteiger partial charge in [-0.3, -0.25) is 20.0 Å². The topological polar surface area (TPSA) is 99.3 Å². The first-order chi connectivity index (χ1) is 18.2. The molecule has 6 heterocycles. The van der Waals surface area contributed by atoms with Crippen LogP contribution >= 0.6 is 0 Å². The van der Waals surface area contributed by atoms with Gasteiger partial charge in [-0.2, -0.15) is 5.10 Å². The standard InChI is InChI=1S/C28H23FN8/c29-24-20(19-13-17(14-31-15-19)16-37-11-1-2-12-37)3-4-22-23(24)26(36-35-22)28-33-25-21(7-10-32-27(25)34-28)18-5-8-30-9-6-18/h3-10,13-15H,1-2,11-12,16H2,(H,35,36)(H,32,33,34). The lowest BCUT2D eigenvalue weighted by Gasteiger charge is -2.15. The number of hydrogen-bond donors (Lipinski definition) is 2. The Morgan fingerprint density at radius 2 is 1.76 bits per heavy atom. The van der Waals surface area contributed by atoms with Crippen LogP contribution in [0.1, 0.15) is 18.4 Å². The van der Waals surface area contributed by atoms with Crippen molar-refractivity contribution < 1.29 is 4.39 Å². The van der Waals surface area contributed by atoms with Gasteiger partial charge in [0.15, 0.2) is 11.5 Å². The van der Waals surface area contributed by atoms with E-state index in [1.54, 1.807) is 30.9 Å².